The van der Waals surface area contributed by atoms with Crippen molar-refractivity contribution in [2.75, 3.05) is 0 Å². The predicted molar refractivity (Wildman–Crippen MR) is 85.4 cm³/mol. The minimum Gasteiger partial charge on any atom is -0.322 e. The molecule has 0 radical (unpaired) electrons. The molecular weight excluding hydrogens is 258 g/mol. The van der Waals surface area contributed by atoms with Crippen LogP contribution in [-0.4, -0.2) is 9.55 Å². The maximum absolute atomic E-state index is 6.38. The summed E-state index contributed by atoms with van der Waals surface area (Å²) in [5, 5.41) is 0. The number of aryl methyl sites for hydroxylation is 1. The first kappa shape index (κ1) is 13.6. The highest BCUT2D eigenvalue weighted by Crippen LogP contribution is 2.20. The van der Waals surface area contributed by atoms with Crippen LogP contribution in [0.4, 0.5) is 0 Å². The lowest BCUT2D eigenvalue weighted by Crippen LogP contribution is -2.17. The van der Waals surface area contributed by atoms with E-state index in [0.29, 0.717) is 0 Å². The smallest absolute Gasteiger partial charge is 0.0994 e. The van der Waals surface area contributed by atoms with E-state index in [9.17, 15) is 0 Å². The van der Waals surface area contributed by atoms with Crippen molar-refractivity contribution in [1.29, 1.82) is 0 Å². The van der Waals surface area contributed by atoms with Gasteiger partial charge in [0.05, 0.1) is 24.3 Å². The molecule has 1 heterocycles. The van der Waals surface area contributed by atoms with Gasteiger partial charge in [-0.3, -0.25) is 0 Å². The Hall–Kier alpha value is -2.39. The van der Waals surface area contributed by atoms with Crippen LogP contribution in [-0.2, 0) is 6.42 Å². The van der Waals surface area contributed by atoms with Crippen LogP contribution in [0.3, 0.4) is 0 Å². The van der Waals surface area contributed by atoms with Crippen LogP contribution in [0.25, 0.3) is 5.69 Å². The van der Waals surface area contributed by atoms with Gasteiger partial charge in [-0.2, -0.15) is 0 Å². The molecule has 2 aromatic carbocycles. The lowest BCUT2D eigenvalue weighted by molar-refractivity contribution is 0.679. The number of hydrogen-bond donors (Lipinski definition) is 1. The molecule has 2 N–H and O–H groups in total. The van der Waals surface area contributed by atoms with Crippen LogP contribution < -0.4 is 5.73 Å². The average molecular weight is 277 g/mol. The van der Waals surface area contributed by atoms with E-state index in [2.05, 4.69) is 52.9 Å². The zero-order valence-electron chi connectivity index (χ0n) is 12.1. The third-order valence-corrected chi connectivity index (χ3v) is 3.66. The molecule has 0 saturated carbocycles. The Kier molecular flexibility index (Phi) is 3.84. The minimum atomic E-state index is -0.0730. The number of nitrogens with two attached hydrogens (primary N) is 1. The van der Waals surface area contributed by atoms with E-state index in [0.717, 1.165) is 17.8 Å². The second-order valence-electron chi connectivity index (χ2n) is 5.32. The summed E-state index contributed by atoms with van der Waals surface area (Å²) in [7, 11) is 0. The van der Waals surface area contributed by atoms with Crippen molar-refractivity contribution in [3.63, 3.8) is 0 Å². The van der Waals surface area contributed by atoms with Gasteiger partial charge in [-0.05, 0) is 31.0 Å². The maximum atomic E-state index is 6.38. The second-order valence-corrected chi connectivity index (χ2v) is 5.32. The summed E-state index contributed by atoms with van der Waals surface area (Å²) >= 11 is 0. The van der Waals surface area contributed by atoms with Crippen molar-refractivity contribution in [3.8, 4) is 5.69 Å². The monoisotopic (exact) mass is 277 g/mol. The second kappa shape index (κ2) is 5.94. The summed E-state index contributed by atoms with van der Waals surface area (Å²) in [5.41, 5.74) is 11.0. The number of hydrogen-bond acceptors (Lipinski definition) is 2. The average Bonchev–Trinajstić information content (AvgIpc) is 2.98. The van der Waals surface area contributed by atoms with E-state index in [1.807, 2.05) is 30.7 Å². The third-order valence-electron chi connectivity index (χ3n) is 3.66. The van der Waals surface area contributed by atoms with Crippen molar-refractivity contribution in [2.45, 2.75) is 19.4 Å². The Bertz CT molecular complexity index is 699. The lowest BCUT2D eigenvalue weighted by atomic mass is 10.0. The lowest BCUT2D eigenvalue weighted by Gasteiger charge is -2.15. The van der Waals surface area contributed by atoms with Crippen LogP contribution in [0, 0.1) is 6.92 Å². The molecule has 0 aliphatic heterocycles. The van der Waals surface area contributed by atoms with Gasteiger partial charge < -0.3 is 10.3 Å². The van der Waals surface area contributed by atoms with Gasteiger partial charge >= 0.3 is 0 Å². The molecule has 3 rings (SSSR count). The van der Waals surface area contributed by atoms with Crippen LogP contribution in [0.15, 0.2) is 67.1 Å². The molecule has 0 saturated heterocycles. The van der Waals surface area contributed by atoms with E-state index < -0.39 is 0 Å². The van der Waals surface area contributed by atoms with Gasteiger partial charge in [0.25, 0.3) is 0 Å². The molecule has 0 spiro atoms. The van der Waals surface area contributed by atoms with Crippen LogP contribution in [0.2, 0.25) is 0 Å². The Morgan fingerprint density at radius 3 is 2.48 bits per heavy atom. The summed E-state index contributed by atoms with van der Waals surface area (Å²) < 4.78 is 2.06. The Labute approximate surface area is 125 Å². The normalized spacial score (nSPS) is 12.3. The zero-order valence-corrected chi connectivity index (χ0v) is 12.1. The first-order valence-corrected chi connectivity index (χ1v) is 7.13. The summed E-state index contributed by atoms with van der Waals surface area (Å²) in [6.45, 7) is 2.08. The highest BCUT2D eigenvalue weighted by atomic mass is 15.1. The van der Waals surface area contributed by atoms with Crippen molar-refractivity contribution >= 4 is 0 Å². The van der Waals surface area contributed by atoms with Gasteiger partial charge in [0.15, 0.2) is 0 Å². The SMILES string of the molecule is Cc1ccc(-n2cncc2[C@H](N)Cc2ccccc2)cc1. The number of rotatable bonds is 4. The van der Waals surface area contributed by atoms with E-state index in [-0.39, 0.29) is 6.04 Å². The number of aromatic nitrogens is 2. The van der Waals surface area contributed by atoms with E-state index in [1.54, 1.807) is 0 Å². The highest BCUT2D eigenvalue weighted by molar-refractivity contribution is 5.36. The fraction of sp³-hybridized carbons (Fsp3) is 0.167. The van der Waals surface area contributed by atoms with Crippen molar-refractivity contribution in [3.05, 3.63) is 83.9 Å². The molecule has 3 aromatic rings. The van der Waals surface area contributed by atoms with E-state index in [4.69, 9.17) is 5.73 Å². The highest BCUT2D eigenvalue weighted by Gasteiger charge is 2.13. The molecule has 0 amide bonds. The van der Waals surface area contributed by atoms with Gasteiger partial charge in [-0.1, -0.05) is 48.0 Å². The first-order valence-electron chi connectivity index (χ1n) is 7.13. The van der Waals surface area contributed by atoms with Gasteiger partial charge in [0, 0.05) is 5.69 Å². The molecule has 0 unspecified atom stereocenters. The third kappa shape index (κ3) is 3.03. The molecule has 0 fully saturated rings. The number of imidazole rings is 1. The summed E-state index contributed by atoms with van der Waals surface area (Å²) in [6, 6.07) is 18.6. The van der Waals surface area contributed by atoms with Crippen LogP contribution in [0.1, 0.15) is 22.9 Å². The molecule has 0 aliphatic carbocycles. The molecule has 3 nitrogen and oxygen atoms in total. The van der Waals surface area contributed by atoms with Gasteiger partial charge in [-0.15, -0.1) is 0 Å². The molecule has 1 atom stereocenters. The topological polar surface area (TPSA) is 43.8 Å². The summed E-state index contributed by atoms with van der Waals surface area (Å²) in [6.07, 6.45) is 4.48. The number of benzene rings is 2. The molecule has 1 aromatic heterocycles. The molecule has 106 valence electrons. The quantitative estimate of drug-likeness (QED) is 0.794. The van der Waals surface area contributed by atoms with E-state index >= 15 is 0 Å². The van der Waals surface area contributed by atoms with Gasteiger partial charge in [0.1, 0.15) is 0 Å². The van der Waals surface area contributed by atoms with E-state index in [1.165, 1.54) is 11.1 Å². The largest absolute Gasteiger partial charge is 0.322 e. The standard InChI is InChI=1S/C18H19N3/c1-14-7-9-16(10-8-14)21-13-20-12-18(21)17(19)11-15-5-3-2-4-6-15/h2-10,12-13,17H,11,19H2,1H3/t17-/m1/s1. The van der Waals surface area contributed by atoms with Crippen molar-refractivity contribution in [2.24, 2.45) is 5.73 Å². The van der Waals surface area contributed by atoms with Crippen LogP contribution >= 0.6 is 0 Å². The van der Waals surface area contributed by atoms with Crippen molar-refractivity contribution < 1.29 is 0 Å². The summed E-state index contributed by atoms with van der Waals surface area (Å²) in [4.78, 5) is 4.27. The molecular formula is C18H19N3. The fourth-order valence-corrected chi connectivity index (χ4v) is 2.47. The first-order chi connectivity index (χ1) is 10.2. The van der Waals surface area contributed by atoms with Gasteiger partial charge in [-0.25, -0.2) is 4.98 Å². The Morgan fingerprint density at radius 1 is 1.05 bits per heavy atom. The number of nitrogens with zero attached hydrogens (tertiary/aromatic N) is 2. The Morgan fingerprint density at radius 2 is 1.76 bits per heavy atom. The maximum Gasteiger partial charge on any atom is 0.0994 e. The summed E-state index contributed by atoms with van der Waals surface area (Å²) in [5.74, 6) is 0. The fourth-order valence-electron chi connectivity index (χ4n) is 2.47. The minimum absolute atomic E-state index is 0.0730. The van der Waals surface area contributed by atoms with Gasteiger partial charge in [0.2, 0.25) is 0 Å². The van der Waals surface area contributed by atoms with Crippen LogP contribution in [0.5, 0.6) is 0 Å². The predicted octanol–water partition coefficient (Wildman–Crippen LogP) is 3.42. The van der Waals surface area contributed by atoms with Crippen molar-refractivity contribution in [1.82, 2.24) is 9.55 Å². The molecule has 0 aliphatic rings. The molecule has 21 heavy (non-hydrogen) atoms. The molecule has 0 bridgehead atoms. The molecule has 3 heteroatoms. The Balaban J connectivity index is 1.86. The zero-order chi connectivity index (χ0) is 14.7.